The number of amides is 1. The number of nitrogens with two attached hydrogens (primary N) is 1. The summed E-state index contributed by atoms with van der Waals surface area (Å²) in [6, 6.07) is 3.95. The fraction of sp³-hybridized carbons (Fsp3) is 0.417. The van der Waals surface area contributed by atoms with Crippen LogP contribution >= 0.6 is 0 Å². The predicted octanol–water partition coefficient (Wildman–Crippen LogP) is 1.32. The molecule has 1 aromatic rings. The molecule has 17 heavy (non-hydrogen) atoms. The molecule has 5 heteroatoms. The lowest BCUT2D eigenvalue weighted by atomic mass is 10.0. The topological polar surface area (TPSA) is 64.4 Å². The Balaban J connectivity index is 2.11. The van der Waals surface area contributed by atoms with Gasteiger partial charge in [0.15, 0.2) is 0 Å². The highest BCUT2D eigenvalue weighted by Crippen LogP contribution is 2.19. The zero-order chi connectivity index (χ0) is 12.5. The molecule has 1 saturated heterocycles. The van der Waals surface area contributed by atoms with Gasteiger partial charge in [-0.05, 0) is 31.5 Å². The molecule has 2 rings (SSSR count). The number of nitrogens with one attached hydrogen (secondary N) is 1. The summed E-state index contributed by atoms with van der Waals surface area (Å²) >= 11 is 0. The first-order chi connectivity index (χ1) is 8.00. The van der Waals surface area contributed by atoms with Gasteiger partial charge in [-0.2, -0.15) is 0 Å². The fourth-order valence-corrected chi connectivity index (χ4v) is 1.80. The van der Waals surface area contributed by atoms with Crippen LogP contribution in [0.5, 0.6) is 0 Å². The number of hydrogen-bond acceptors (Lipinski definition) is 3. The normalized spacial score (nSPS) is 23.6. The van der Waals surface area contributed by atoms with E-state index in [9.17, 15) is 9.18 Å². The first kappa shape index (κ1) is 11.9. The molecular formula is C12H15FN2O2. The van der Waals surface area contributed by atoms with Gasteiger partial charge in [0.2, 0.25) is 0 Å². The van der Waals surface area contributed by atoms with Gasteiger partial charge in [-0.1, -0.05) is 0 Å². The van der Waals surface area contributed by atoms with Crippen molar-refractivity contribution < 1.29 is 13.9 Å². The third-order valence-electron chi connectivity index (χ3n) is 2.89. The predicted molar refractivity (Wildman–Crippen MR) is 62.1 cm³/mol. The summed E-state index contributed by atoms with van der Waals surface area (Å²) < 4.78 is 18.2. The summed E-state index contributed by atoms with van der Waals surface area (Å²) in [5.41, 5.74) is 5.41. The standard InChI is InChI=1S/C12H15FN2O2/c1-12(4-5-17-7-12)15-11(16)8-2-3-9(13)10(14)6-8/h2-3,6H,4-5,7,14H2,1H3,(H,15,16). The quantitative estimate of drug-likeness (QED) is 0.764. The lowest BCUT2D eigenvalue weighted by molar-refractivity contribution is 0.0890. The molecule has 92 valence electrons. The van der Waals surface area contributed by atoms with E-state index in [1.807, 2.05) is 6.92 Å². The van der Waals surface area contributed by atoms with E-state index in [-0.39, 0.29) is 17.1 Å². The Morgan fingerprint density at radius 3 is 2.94 bits per heavy atom. The van der Waals surface area contributed by atoms with Crippen molar-refractivity contribution in [1.29, 1.82) is 0 Å². The summed E-state index contributed by atoms with van der Waals surface area (Å²) in [5, 5.41) is 2.88. The van der Waals surface area contributed by atoms with Gasteiger partial charge in [0, 0.05) is 12.2 Å². The molecule has 0 bridgehead atoms. The monoisotopic (exact) mass is 238 g/mol. The third kappa shape index (κ3) is 2.55. The number of anilines is 1. The fourth-order valence-electron chi connectivity index (χ4n) is 1.80. The molecule has 0 radical (unpaired) electrons. The molecule has 1 aliphatic rings. The zero-order valence-corrected chi connectivity index (χ0v) is 9.63. The molecule has 1 heterocycles. The van der Waals surface area contributed by atoms with E-state index < -0.39 is 5.82 Å². The number of carbonyl (C=O) groups is 1. The van der Waals surface area contributed by atoms with Crippen LogP contribution in [0.2, 0.25) is 0 Å². The Bertz CT molecular complexity index is 442. The molecule has 0 saturated carbocycles. The van der Waals surface area contributed by atoms with Crippen molar-refractivity contribution in [3.8, 4) is 0 Å². The number of ether oxygens (including phenoxy) is 1. The Morgan fingerprint density at radius 1 is 1.59 bits per heavy atom. The van der Waals surface area contributed by atoms with E-state index in [2.05, 4.69) is 5.32 Å². The maximum Gasteiger partial charge on any atom is 0.251 e. The number of halogens is 1. The van der Waals surface area contributed by atoms with Gasteiger partial charge in [-0.15, -0.1) is 0 Å². The SMILES string of the molecule is CC1(NC(=O)c2ccc(F)c(N)c2)CCOC1. The molecule has 1 amide bonds. The van der Waals surface area contributed by atoms with Gasteiger partial charge in [0.1, 0.15) is 5.82 Å². The molecule has 3 N–H and O–H groups in total. The first-order valence-electron chi connectivity index (χ1n) is 5.45. The number of nitrogen functional groups attached to an aromatic ring is 1. The molecule has 1 unspecified atom stereocenters. The molecule has 0 spiro atoms. The van der Waals surface area contributed by atoms with Crippen LogP contribution in [0.15, 0.2) is 18.2 Å². The van der Waals surface area contributed by atoms with E-state index in [0.29, 0.717) is 18.8 Å². The number of carbonyl (C=O) groups excluding carboxylic acids is 1. The van der Waals surface area contributed by atoms with Crippen LogP contribution in [0.25, 0.3) is 0 Å². The largest absolute Gasteiger partial charge is 0.396 e. The molecule has 1 aliphatic heterocycles. The second kappa shape index (κ2) is 4.33. The minimum Gasteiger partial charge on any atom is -0.396 e. The van der Waals surface area contributed by atoms with Crippen molar-refractivity contribution >= 4 is 11.6 Å². The van der Waals surface area contributed by atoms with Crippen LogP contribution in [0.3, 0.4) is 0 Å². The van der Waals surface area contributed by atoms with Crippen molar-refractivity contribution in [2.24, 2.45) is 0 Å². The molecular weight excluding hydrogens is 223 g/mol. The summed E-state index contributed by atoms with van der Waals surface area (Å²) in [6.07, 6.45) is 0.773. The van der Waals surface area contributed by atoms with Crippen LogP contribution in [-0.2, 0) is 4.74 Å². The molecule has 1 aromatic carbocycles. The van der Waals surface area contributed by atoms with E-state index in [4.69, 9.17) is 10.5 Å². The maximum atomic E-state index is 13.0. The third-order valence-corrected chi connectivity index (χ3v) is 2.89. The summed E-state index contributed by atoms with van der Waals surface area (Å²) in [6.45, 7) is 3.06. The lowest BCUT2D eigenvalue weighted by Crippen LogP contribution is -2.46. The Kier molecular flexibility index (Phi) is 3.02. The number of hydrogen-bond donors (Lipinski definition) is 2. The number of rotatable bonds is 2. The van der Waals surface area contributed by atoms with E-state index in [1.54, 1.807) is 0 Å². The second-order valence-electron chi connectivity index (χ2n) is 4.55. The first-order valence-corrected chi connectivity index (χ1v) is 5.45. The smallest absolute Gasteiger partial charge is 0.251 e. The zero-order valence-electron chi connectivity index (χ0n) is 9.63. The van der Waals surface area contributed by atoms with Crippen molar-refractivity contribution in [3.05, 3.63) is 29.6 Å². The highest BCUT2D eigenvalue weighted by atomic mass is 19.1. The van der Waals surface area contributed by atoms with Crippen molar-refractivity contribution in [2.75, 3.05) is 18.9 Å². The molecule has 1 fully saturated rings. The van der Waals surface area contributed by atoms with Gasteiger partial charge in [-0.25, -0.2) is 4.39 Å². The average molecular weight is 238 g/mol. The lowest BCUT2D eigenvalue weighted by Gasteiger charge is -2.23. The van der Waals surface area contributed by atoms with Gasteiger partial charge < -0.3 is 15.8 Å². The van der Waals surface area contributed by atoms with E-state index in [0.717, 1.165) is 6.42 Å². The van der Waals surface area contributed by atoms with Crippen LogP contribution in [0.4, 0.5) is 10.1 Å². The molecule has 0 aliphatic carbocycles. The minimum atomic E-state index is -0.517. The van der Waals surface area contributed by atoms with Gasteiger partial charge in [-0.3, -0.25) is 4.79 Å². The van der Waals surface area contributed by atoms with Crippen LogP contribution in [0.1, 0.15) is 23.7 Å². The second-order valence-corrected chi connectivity index (χ2v) is 4.55. The highest BCUT2D eigenvalue weighted by Gasteiger charge is 2.31. The highest BCUT2D eigenvalue weighted by molar-refractivity contribution is 5.95. The minimum absolute atomic E-state index is 0.0227. The Morgan fingerprint density at radius 2 is 2.35 bits per heavy atom. The van der Waals surface area contributed by atoms with Crippen molar-refractivity contribution in [2.45, 2.75) is 18.9 Å². The molecule has 1 atom stereocenters. The van der Waals surface area contributed by atoms with Gasteiger partial charge >= 0.3 is 0 Å². The molecule has 0 aromatic heterocycles. The van der Waals surface area contributed by atoms with Gasteiger partial charge in [0.25, 0.3) is 5.91 Å². The van der Waals surface area contributed by atoms with Crippen molar-refractivity contribution in [3.63, 3.8) is 0 Å². The van der Waals surface area contributed by atoms with Crippen LogP contribution in [-0.4, -0.2) is 24.7 Å². The van der Waals surface area contributed by atoms with E-state index >= 15 is 0 Å². The Labute approximate surface area is 98.9 Å². The van der Waals surface area contributed by atoms with Crippen molar-refractivity contribution in [1.82, 2.24) is 5.32 Å². The number of benzene rings is 1. The summed E-state index contributed by atoms with van der Waals surface area (Å²) in [7, 11) is 0. The van der Waals surface area contributed by atoms with Crippen LogP contribution in [0, 0.1) is 5.82 Å². The summed E-state index contributed by atoms with van der Waals surface area (Å²) in [5.74, 6) is -0.776. The summed E-state index contributed by atoms with van der Waals surface area (Å²) in [4.78, 5) is 11.9. The van der Waals surface area contributed by atoms with Gasteiger partial charge in [0.05, 0.1) is 17.8 Å². The maximum absolute atomic E-state index is 13.0. The Hall–Kier alpha value is -1.62. The van der Waals surface area contributed by atoms with E-state index in [1.165, 1.54) is 18.2 Å². The molecule has 4 nitrogen and oxygen atoms in total. The van der Waals surface area contributed by atoms with Crippen LogP contribution < -0.4 is 11.1 Å². The average Bonchev–Trinajstić information content (AvgIpc) is 2.69.